The summed E-state index contributed by atoms with van der Waals surface area (Å²) in [6.45, 7) is 1.32. The van der Waals surface area contributed by atoms with Crippen LogP contribution in [0, 0.1) is 0 Å². The minimum Gasteiger partial charge on any atom is -0.497 e. The molecule has 238 valence electrons. The number of nitrogens with one attached hydrogen (secondary N) is 1. The summed E-state index contributed by atoms with van der Waals surface area (Å²) in [6.07, 6.45) is -2.32. The summed E-state index contributed by atoms with van der Waals surface area (Å²) in [5, 5.41) is 2.82. The molecule has 5 rings (SSSR count). The first-order valence-electron chi connectivity index (χ1n) is 13.9. The fourth-order valence-electron chi connectivity index (χ4n) is 4.74. The average Bonchev–Trinajstić information content (AvgIpc) is 3.65. The number of halogens is 1. The van der Waals surface area contributed by atoms with Crippen LogP contribution in [-0.2, 0) is 32.8 Å². The predicted molar refractivity (Wildman–Crippen MR) is 158 cm³/mol. The number of hydrogen-bond donors (Lipinski definition) is 1. The minimum atomic E-state index is -2.71. The SMILES string of the molecule is COc1ccc(C(=O)Nc2ccn([C@@H]3O[C@H](CO[P+](=O)Oc4ccccc4Cl)[C@@H](OC(C)=O)[C@H]3OC3CCCO3)c(=O)n2)cc1. The van der Waals surface area contributed by atoms with E-state index in [4.69, 9.17) is 44.3 Å². The maximum absolute atomic E-state index is 13.2. The predicted octanol–water partition coefficient (Wildman–Crippen LogP) is 4.26. The lowest BCUT2D eigenvalue weighted by Crippen LogP contribution is -2.42. The van der Waals surface area contributed by atoms with Crippen LogP contribution in [0.2, 0.25) is 5.02 Å². The van der Waals surface area contributed by atoms with Crippen molar-refractivity contribution in [2.24, 2.45) is 0 Å². The molecule has 2 saturated heterocycles. The second kappa shape index (κ2) is 14.9. The van der Waals surface area contributed by atoms with Gasteiger partial charge in [-0.15, -0.1) is 4.52 Å². The summed E-state index contributed by atoms with van der Waals surface area (Å²) in [4.78, 5) is 42.1. The van der Waals surface area contributed by atoms with E-state index in [9.17, 15) is 18.9 Å². The highest BCUT2D eigenvalue weighted by atomic mass is 35.5. The Hall–Kier alpha value is -3.91. The van der Waals surface area contributed by atoms with Crippen molar-refractivity contribution in [2.45, 2.75) is 50.6 Å². The van der Waals surface area contributed by atoms with Crippen LogP contribution in [0.15, 0.2) is 65.6 Å². The van der Waals surface area contributed by atoms with Crippen molar-refractivity contribution in [1.29, 1.82) is 0 Å². The first-order chi connectivity index (χ1) is 21.7. The number of hydrogen-bond acceptors (Lipinski definition) is 12. The number of carbonyl (C=O) groups is 2. The van der Waals surface area contributed by atoms with Crippen molar-refractivity contribution in [3.05, 3.63) is 81.9 Å². The van der Waals surface area contributed by atoms with E-state index < -0.39 is 56.7 Å². The molecule has 3 aromatic rings. The number of ether oxygens (including phenoxy) is 5. The Morgan fingerprint density at radius 2 is 1.91 bits per heavy atom. The highest BCUT2D eigenvalue weighted by Gasteiger charge is 2.51. The minimum absolute atomic E-state index is 0.00297. The lowest BCUT2D eigenvalue weighted by Gasteiger charge is -2.26. The van der Waals surface area contributed by atoms with Gasteiger partial charge in [0.2, 0.25) is 5.75 Å². The van der Waals surface area contributed by atoms with E-state index in [1.807, 2.05) is 0 Å². The third kappa shape index (κ3) is 8.23. The van der Waals surface area contributed by atoms with E-state index in [2.05, 4.69) is 10.3 Å². The molecule has 1 amide bonds. The van der Waals surface area contributed by atoms with Gasteiger partial charge in [0.05, 0.1) is 12.1 Å². The first-order valence-corrected chi connectivity index (χ1v) is 15.4. The summed E-state index contributed by atoms with van der Waals surface area (Å²) in [7, 11) is -1.20. The lowest BCUT2D eigenvalue weighted by atomic mass is 10.1. The number of nitrogens with zero attached hydrogens (tertiary/aromatic N) is 2. The second-order valence-electron chi connectivity index (χ2n) is 9.91. The van der Waals surface area contributed by atoms with Crippen molar-refractivity contribution < 1.29 is 46.9 Å². The molecule has 0 bridgehead atoms. The highest BCUT2D eigenvalue weighted by Crippen LogP contribution is 2.38. The lowest BCUT2D eigenvalue weighted by molar-refractivity contribution is -0.191. The van der Waals surface area contributed by atoms with Gasteiger partial charge in [-0.25, -0.2) is 9.32 Å². The Balaban J connectivity index is 1.35. The van der Waals surface area contributed by atoms with Crippen molar-refractivity contribution >= 4 is 37.6 Å². The molecule has 3 heterocycles. The van der Waals surface area contributed by atoms with Gasteiger partial charge in [-0.3, -0.25) is 14.2 Å². The monoisotopic (exact) mass is 662 g/mol. The molecule has 16 heteroatoms. The molecule has 0 aliphatic carbocycles. The van der Waals surface area contributed by atoms with Gasteiger partial charge >= 0.3 is 19.9 Å². The Morgan fingerprint density at radius 1 is 1.13 bits per heavy atom. The normalized spacial score (nSPS) is 22.9. The molecule has 14 nitrogen and oxygen atoms in total. The van der Waals surface area contributed by atoms with Crippen LogP contribution < -0.4 is 20.3 Å². The van der Waals surface area contributed by atoms with E-state index in [0.717, 1.165) is 11.0 Å². The van der Waals surface area contributed by atoms with Gasteiger partial charge in [-0.1, -0.05) is 23.7 Å². The Morgan fingerprint density at radius 3 is 2.58 bits per heavy atom. The smallest absolute Gasteiger partial charge is 0.497 e. The topological polar surface area (TPSA) is 163 Å². The summed E-state index contributed by atoms with van der Waals surface area (Å²) in [6, 6.07) is 14.2. The molecule has 1 N–H and O–H groups in total. The van der Waals surface area contributed by atoms with Crippen molar-refractivity contribution in [1.82, 2.24) is 9.55 Å². The molecule has 1 aromatic heterocycles. The third-order valence-electron chi connectivity index (χ3n) is 6.84. The largest absolute Gasteiger partial charge is 0.750 e. The first kappa shape index (κ1) is 32.5. The number of benzene rings is 2. The van der Waals surface area contributed by atoms with Crippen LogP contribution in [-0.4, -0.2) is 66.4 Å². The zero-order valence-corrected chi connectivity index (χ0v) is 25.8. The van der Waals surface area contributed by atoms with Crippen LogP contribution in [0.25, 0.3) is 0 Å². The van der Waals surface area contributed by atoms with Crippen LogP contribution >= 0.6 is 19.9 Å². The van der Waals surface area contributed by atoms with Gasteiger partial charge in [-0.2, -0.15) is 4.98 Å². The van der Waals surface area contributed by atoms with E-state index in [1.165, 1.54) is 32.4 Å². The number of methoxy groups -OCH3 is 1. The van der Waals surface area contributed by atoms with E-state index >= 15 is 0 Å². The number of amides is 1. The zero-order chi connectivity index (χ0) is 31.9. The maximum Gasteiger partial charge on any atom is 0.750 e. The van der Waals surface area contributed by atoms with E-state index in [1.54, 1.807) is 42.5 Å². The van der Waals surface area contributed by atoms with E-state index in [-0.39, 0.29) is 23.2 Å². The molecule has 2 aliphatic heterocycles. The standard InChI is InChI=1S/C29H29ClN3O11P/c1-17(34)41-25-22(16-40-45(37)44-21-7-4-3-6-20(21)30)42-28(26(25)43-24-8-5-15-39-24)33-14-13-23(32-29(33)36)31-27(35)18-9-11-19(38-2)12-10-18/h3-4,6-7,9-14,22,24-26,28H,5,8,15-16H2,1-2H3/p+1/t22-,24?,25-,26-,28-/m1/s1. The second-order valence-corrected chi connectivity index (χ2v) is 11.2. The molecular weight excluding hydrogens is 633 g/mol. The molecule has 2 aliphatic rings. The summed E-state index contributed by atoms with van der Waals surface area (Å²) >= 11 is 6.07. The summed E-state index contributed by atoms with van der Waals surface area (Å²) < 4.78 is 53.1. The van der Waals surface area contributed by atoms with Crippen molar-refractivity contribution in [3.63, 3.8) is 0 Å². The van der Waals surface area contributed by atoms with Crippen LogP contribution in [0.3, 0.4) is 0 Å². The average molecular weight is 663 g/mol. The molecule has 0 radical (unpaired) electrons. The van der Waals surface area contributed by atoms with Crippen LogP contribution in [0.4, 0.5) is 5.82 Å². The van der Waals surface area contributed by atoms with Gasteiger partial charge in [-0.05, 0) is 48.9 Å². The molecule has 2 unspecified atom stereocenters. The molecule has 0 saturated carbocycles. The number of carbonyl (C=O) groups excluding carboxylic acids is 2. The molecule has 6 atom stereocenters. The Kier molecular flexibility index (Phi) is 10.8. The maximum atomic E-state index is 13.2. The number of esters is 1. The number of rotatable bonds is 12. The van der Waals surface area contributed by atoms with Gasteiger partial charge in [0.1, 0.15) is 30.4 Å². The Bertz CT molecular complexity index is 1580. The Labute approximate surface area is 263 Å². The van der Waals surface area contributed by atoms with Crippen LogP contribution in [0.5, 0.6) is 11.5 Å². The van der Waals surface area contributed by atoms with Gasteiger partial charge in [0.15, 0.2) is 18.6 Å². The van der Waals surface area contributed by atoms with Gasteiger partial charge < -0.3 is 29.0 Å². The molecular formula is C29H30ClN3O11P+. The van der Waals surface area contributed by atoms with Gasteiger partial charge in [0.25, 0.3) is 5.91 Å². The fourth-order valence-corrected chi connectivity index (χ4v) is 5.61. The molecule has 0 spiro atoms. The number of anilines is 1. The quantitative estimate of drug-likeness (QED) is 0.217. The molecule has 45 heavy (non-hydrogen) atoms. The number of aromatic nitrogens is 2. The van der Waals surface area contributed by atoms with Crippen LogP contribution in [0.1, 0.15) is 36.4 Å². The number of para-hydroxylation sites is 1. The van der Waals surface area contributed by atoms with E-state index in [0.29, 0.717) is 24.3 Å². The summed E-state index contributed by atoms with van der Waals surface area (Å²) in [5.74, 6) is -0.400. The summed E-state index contributed by atoms with van der Waals surface area (Å²) in [5.41, 5.74) is -0.459. The van der Waals surface area contributed by atoms with Crippen molar-refractivity contribution in [3.8, 4) is 11.5 Å². The van der Waals surface area contributed by atoms with Gasteiger partial charge in [0, 0.05) is 36.3 Å². The zero-order valence-electron chi connectivity index (χ0n) is 24.2. The molecule has 2 aromatic carbocycles. The van der Waals surface area contributed by atoms with Crippen molar-refractivity contribution in [2.75, 3.05) is 25.6 Å². The fraction of sp³-hybridized carbons (Fsp3) is 0.379. The molecule has 2 fully saturated rings. The third-order valence-corrected chi connectivity index (χ3v) is 7.85. The highest BCUT2D eigenvalue weighted by molar-refractivity contribution is 7.33.